The Morgan fingerprint density at radius 3 is 2.45 bits per heavy atom. The lowest BCUT2D eigenvalue weighted by atomic mass is 10.3. The molecule has 0 unspecified atom stereocenters. The standard InChI is InChI=1S/C13H13N3O3S/c1-10(17)20(18,19)16-12-8-5-9-14-13(12)15-11-6-3-2-4-7-11/h2-9,16H,1H3,(H,14,15). The summed E-state index contributed by atoms with van der Waals surface area (Å²) >= 11 is 0. The van der Waals surface area contributed by atoms with Crippen LogP contribution in [0.15, 0.2) is 48.7 Å². The van der Waals surface area contributed by atoms with E-state index < -0.39 is 15.1 Å². The van der Waals surface area contributed by atoms with Crippen molar-refractivity contribution in [2.24, 2.45) is 0 Å². The lowest BCUT2D eigenvalue weighted by Crippen LogP contribution is -2.20. The van der Waals surface area contributed by atoms with Crippen molar-refractivity contribution < 1.29 is 13.2 Å². The van der Waals surface area contributed by atoms with Gasteiger partial charge in [-0.2, -0.15) is 8.42 Å². The first-order chi connectivity index (χ1) is 9.49. The van der Waals surface area contributed by atoms with Crippen molar-refractivity contribution in [1.29, 1.82) is 0 Å². The summed E-state index contributed by atoms with van der Waals surface area (Å²) in [6.07, 6.45) is 1.52. The maximum absolute atomic E-state index is 11.6. The Bertz CT molecular complexity index is 715. The highest BCUT2D eigenvalue weighted by Crippen LogP contribution is 2.23. The lowest BCUT2D eigenvalue weighted by Gasteiger charge is -2.11. The number of aromatic nitrogens is 1. The molecule has 0 bridgehead atoms. The molecule has 1 aromatic carbocycles. The normalized spacial score (nSPS) is 10.8. The molecule has 2 N–H and O–H groups in total. The molecular weight excluding hydrogens is 278 g/mol. The first-order valence-electron chi connectivity index (χ1n) is 5.79. The molecule has 2 aromatic rings. The van der Waals surface area contributed by atoms with Crippen molar-refractivity contribution in [2.45, 2.75) is 6.92 Å². The van der Waals surface area contributed by atoms with E-state index in [0.717, 1.165) is 12.6 Å². The highest BCUT2D eigenvalue weighted by molar-refractivity contribution is 8.07. The van der Waals surface area contributed by atoms with Crippen molar-refractivity contribution in [3.05, 3.63) is 48.7 Å². The number of anilines is 3. The van der Waals surface area contributed by atoms with E-state index in [9.17, 15) is 13.2 Å². The minimum atomic E-state index is -4.03. The minimum absolute atomic E-state index is 0.214. The van der Waals surface area contributed by atoms with E-state index in [1.54, 1.807) is 6.07 Å². The molecule has 0 spiro atoms. The molecule has 0 amide bonds. The van der Waals surface area contributed by atoms with Gasteiger partial charge >= 0.3 is 0 Å². The van der Waals surface area contributed by atoms with Crippen LogP contribution in [-0.2, 0) is 14.8 Å². The second-order valence-electron chi connectivity index (χ2n) is 3.99. The maximum atomic E-state index is 11.6. The summed E-state index contributed by atoms with van der Waals surface area (Å²) in [5.41, 5.74) is 0.973. The maximum Gasteiger partial charge on any atom is 0.295 e. The Labute approximate surface area is 116 Å². The van der Waals surface area contributed by atoms with Gasteiger partial charge in [0, 0.05) is 18.8 Å². The van der Waals surface area contributed by atoms with Crippen molar-refractivity contribution in [3.8, 4) is 0 Å². The van der Waals surface area contributed by atoms with Crippen LogP contribution in [0.5, 0.6) is 0 Å². The Morgan fingerprint density at radius 1 is 1.10 bits per heavy atom. The van der Waals surface area contributed by atoms with Gasteiger partial charge < -0.3 is 5.32 Å². The molecule has 1 aromatic heterocycles. The fraction of sp³-hybridized carbons (Fsp3) is 0.0769. The predicted octanol–water partition coefficient (Wildman–Crippen LogP) is 2.11. The van der Waals surface area contributed by atoms with Crippen LogP contribution in [0.3, 0.4) is 0 Å². The third-order valence-electron chi connectivity index (χ3n) is 2.47. The first kappa shape index (κ1) is 14.0. The zero-order valence-corrected chi connectivity index (χ0v) is 11.5. The summed E-state index contributed by atoms with van der Waals surface area (Å²) in [5, 5.41) is 2.03. The van der Waals surface area contributed by atoms with E-state index in [4.69, 9.17) is 0 Å². The Morgan fingerprint density at radius 2 is 1.80 bits per heavy atom. The van der Waals surface area contributed by atoms with Crippen LogP contribution in [0, 0.1) is 0 Å². The van der Waals surface area contributed by atoms with Crippen molar-refractivity contribution in [3.63, 3.8) is 0 Å². The van der Waals surface area contributed by atoms with Gasteiger partial charge in [0.2, 0.25) is 0 Å². The quantitative estimate of drug-likeness (QED) is 0.900. The number of nitrogens with zero attached hydrogens (tertiary/aromatic N) is 1. The number of carbonyl (C=O) groups is 1. The molecule has 0 radical (unpaired) electrons. The molecule has 0 saturated carbocycles. The SMILES string of the molecule is CC(=O)S(=O)(=O)Nc1cccnc1Nc1ccccc1. The van der Waals surface area contributed by atoms with Crippen LogP contribution in [-0.4, -0.2) is 18.5 Å². The van der Waals surface area contributed by atoms with Gasteiger partial charge in [0.15, 0.2) is 5.82 Å². The second kappa shape index (κ2) is 5.70. The Hall–Kier alpha value is -2.41. The number of hydrogen-bond donors (Lipinski definition) is 2. The highest BCUT2D eigenvalue weighted by atomic mass is 32.2. The number of nitrogens with one attached hydrogen (secondary N) is 2. The smallest absolute Gasteiger partial charge is 0.295 e. The number of sulfonamides is 1. The van der Waals surface area contributed by atoms with Crippen LogP contribution in [0.1, 0.15) is 6.92 Å². The molecule has 0 atom stereocenters. The van der Waals surface area contributed by atoms with Crippen LogP contribution < -0.4 is 10.0 Å². The van der Waals surface area contributed by atoms with Gasteiger partial charge in [0.1, 0.15) is 0 Å². The largest absolute Gasteiger partial charge is 0.338 e. The summed E-state index contributed by atoms with van der Waals surface area (Å²) < 4.78 is 25.4. The highest BCUT2D eigenvalue weighted by Gasteiger charge is 2.18. The third-order valence-corrected chi connectivity index (χ3v) is 3.71. The number of rotatable bonds is 4. The van der Waals surface area contributed by atoms with E-state index in [2.05, 4.69) is 15.0 Å². The molecule has 0 aliphatic heterocycles. The summed E-state index contributed by atoms with van der Waals surface area (Å²) in [4.78, 5) is 15.1. The van der Waals surface area contributed by atoms with Gasteiger partial charge in [-0.25, -0.2) is 4.98 Å². The number of benzene rings is 1. The van der Waals surface area contributed by atoms with Crippen LogP contribution in [0.25, 0.3) is 0 Å². The van der Waals surface area contributed by atoms with Crippen LogP contribution >= 0.6 is 0 Å². The molecule has 0 saturated heterocycles. The van der Waals surface area contributed by atoms with Gasteiger partial charge in [-0.15, -0.1) is 0 Å². The lowest BCUT2D eigenvalue weighted by molar-refractivity contribution is -0.109. The molecule has 1 heterocycles. The summed E-state index contributed by atoms with van der Waals surface area (Å²) in [7, 11) is -4.03. The molecule has 7 heteroatoms. The van der Waals surface area contributed by atoms with Gasteiger partial charge in [0.25, 0.3) is 15.1 Å². The van der Waals surface area contributed by atoms with E-state index in [0.29, 0.717) is 5.82 Å². The molecule has 0 fully saturated rings. The number of para-hydroxylation sites is 1. The van der Waals surface area contributed by atoms with E-state index in [-0.39, 0.29) is 5.69 Å². The van der Waals surface area contributed by atoms with E-state index in [1.807, 2.05) is 30.3 Å². The summed E-state index contributed by atoms with van der Waals surface area (Å²) in [5.74, 6) is 0.323. The average Bonchev–Trinajstić information content (AvgIpc) is 2.42. The molecule has 20 heavy (non-hydrogen) atoms. The number of pyridine rings is 1. The molecule has 6 nitrogen and oxygen atoms in total. The van der Waals surface area contributed by atoms with Crippen molar-refractivity contribution >= 4 is 32.3 Å². The van der Waals surface area contributed by atoms with Gasteiger partial charge in [-0.05, 0) is 24.3 Å². The summed E-state index contributed by atoms with van der Waals surface area (Å²) in [6.45, 7) is 0.989. The molecule has 104 valence electrons. The van der Waals surface area contributed by atoms with Gasteiger partial charge in [0.05, 0.1) is 5.69 Å². The molecular formula is C13H13N3O3S. The van der Waals surface area contributed by atoms with E-state index >= 15 is 0 Å². The minimum Gasteiger partial charge on any atom is -0.338 e. The predicted molar refractivity (Wildman–Crippen MR) is 77.2 cm³/mol. The molecule has 0 aliphatic rings. The zero-order valence-electron chi connectivity index (χ0n) is 10.7. The second-order valence-corrected chi connectivity index (χ2v) is 5.77. The Balaban J connectivity index is 2.30. The summed E-state index contributed by atoms with van der Waals surface area (Å²) in [6, 6.07) is 12.3. The average molecular weight is 291 g/mol. The van der Waals surface area contributed by atoms with Crippen molar-refractivity contribution in [2.75, 3.05) is 10.0 Å². The number of hydrogen-bond acceptors (Lipinski definition) is 5. The van der Waals surface area contributed by atoms with Crippen LogP contribution in [0.4, 0.5) is 17.2 Å². The number of carbonyl (C=O) groups excluding carboxylic acids is 1. The topological polar surface area (TPSA) is 88.2 Å². The first-order valence-corrected chi connectivity index (χ1v) is 7.28. The molecule has 2 rings (SSSR count). The van der Waals surface area contributed by atoms with Crippen molar-refractivity contribution in [1.82, 2.24) is 4.98 Å². The fourth-order valence-corrected chi connectivity index (χ4v) is 2.06. The van der Waals surface area contributed by atoms with E-state index in [1.165, 1.54) is 12.3 Å². The van der Waals surface area contributed by atoms with Gasteiger partial charge in [-0.1, -0.05) is 18.2 Å². The zero-order chi connectivity index (χ0) is 14.6. The molecule has 0 aliphatic carbocycles. The van der Waals surface area contributed by atoms with Gasteiger partial charge in [-0.3, -0.25) is 9.52 Å². The van der Waals surface area contributed by atoms with Crippen LogP contribution in [0.2, 0.25) is 0 Å². The monoisotopic (exact) mass is 291 g/mol. The third kappa shape index (κ3) is 3.33. The fourth-order valence-electron chi connectivity index (χ4n) is 1.46. The Kier molecular flexibility index (Phi) is 3.99.